The highest BCUT2D eigenvalue weighted by Crippen LogP contribution is 2.20. The van der Waals surface area contributed by atoms with Crippen LogP contribution < -0.4 is 10.8 Å². The van der Waals surface area contributed by atoms with Crippen LogP contribution in [0.4, 0.5) is 0 Å². The van der Waals surface area contributed by atoms with E-state index in [1.807, 2.05) is 12.1 Å². The van der Waals surface area contributed by atoms with Crippen LogP contribution in [0.3, 0.4) is 0 Å². The molecule has 138 valence electrons. The molecule has 26 heavy (non-hydrogen) atoms. The summed E-state index contributed by atoms with van der Waals surface area (Å²) in [5.74, 6) is -1.16. The smallest absolute Gasteiger partial charge is 0.268 e. The molecule has 0 saturated heterocycles. The number of hydroxylamine groups is 1. The number of hydrogen-bond acceptors (Lipinski definition) is 4. The summed E-state index contributed by atoms with van der Waals surface area (Å²) in [5.41, 5.74) is 5.30. The lowest BCUT2D eigenvalue weighted by Crippen LogP contribution is -2.52. The third-order valence-electron chi connectivity index (χ3n) is 4.36. The molecule has 0 saturated carbocycles. The van der Waals surface area contributed by atoms with Crippen molar-refractivity contribution in [2.45, 2.75) is 32.4 Å². The van der Waals surface area contributed by atoms with Crippen molar-refractivity contribution in [3.05, 3.63) is 59.7 Å². The molecule has 0 radical (unpaired) electrons. The van der Waals surface area contributed by atoms with Crippen molar-refractivity contribution in [1.29, 1.82) is 0 Å². The van der Waals surface area contributed by atoms with Gasteiger partial charge in [0.15, 0.2) is 0 Å². The molecule has 2 aromatic carbocycles. The Balaban J connectivity index is 2.13. The molecule has 2 rings (SSSR count). The Labute approximate surface area is 153 Å². The molecule has 0 aliphatic carbocycles. The van der Waals surface area contributed by atoms with Crippen molar-refractivity contribution in [1.82, 2.24) is 10.8 Å². The van der Waals surface area contributed by atoms with Crippen LogP contribution in [0.15, 0.2) is 48.5 Å². The molecule has 0 aliphatic rings. The molecule has 0 fully saturated rings. The Hall–Kier alpha value is -2.70. The molecule has 0 spiro atoms. The number of amides is 2. The van der Waals surface area contributed by atoms with Crippen LogP contribution in [-0.4, -0.2) is 36.3 Å². The maximum atomic E-state index is 12.4. The van der Waals surface area contributed by atoms with E-state index >= 15 is 0 Å². The summed E-state index contributed by atoms with van der Waals surface area (Å²) in [6.07, 6.45) is 0.393. The predicted octanol–water partition coefficient (Wildman–Crippen LogP) is 2.55. The highest BCUT2D eigenvalue weighted by molar-refractivity contribution is 5.97. The van der Waals surface area contributed by atoms with Gasteiger partial charge >= 0.3 is 0 Å². The minimum atomic E-state index is -1.00. The molecule has 6 nitrogen and oxygen atoms in total. The summed E-state index contributed by atoms with van der Waals surface area (Å²) in [5, 5.41) is 11.4. The second-order valence-corrected chi connectivity index (χ2v) is 6.00. The first-order valence-electron chi connectivity index (χ1n) is 8.47. The minimum absolute atomic E-state index is 0.415. The topological polar surface area (TPSA) is 87.7 Å². The Morgan fingerprint density at radius 2 is 1.58 bits per heavy atom. The second kappa shape index (κ2) is 9.12. The van der Waals surface area contributed by atoms with Gasteiger partial charge in [0.05, 0.1) is 6.10 Å². The summed E-state index contributed by atoms with van der Waals surface area (Å²) < 4.78 is 5.08. The third-order valence-corrected chi connectivity index (χ3v) is 4.36. The van der Waals surface area contributed by atoms with E-state index in [1.54, 1.807) is 24.5 Å². The molecule has 2 atom stereocenters. The number of carbonyl (C=O) groups excluding carboxylic acids is 2. The third kappa shape index (κ3) is 4.68. The van der Waals surface area contributed by atoms with E-state index in [4.69, 9.17) is 9.94 Å². The van der Waals surface area contributed by atoms with Crippen molar-refractivity contribution in [3.63, 3.8) is 0 Å². The maximum absolute atomic E-state index is 12.4. The SMILES string of the molecule is CCc1ccc(-c2ccc(C(=O)N[C@@H](C(=O)NO)[C@@H](C)OC)cc2)cc1. The Kier molecular flexibility index (Phi) is 6.89. The molecule has 0 aromatic heterocycles. The van der Waals surface area contributed by atoms with Crippen molar-refractivity contribution >= 4 is 11.8 Å². The fourth-order valence-electron chi connectivity index (χ4n) is 2.57. The molecule has 0 aliphatic heterocycles. The second-order valence-electron chi connectivity index (χ2n) is 6.00. The van der Waals surface area contributed by atoms with E-state index < -0.39 is 24.0 Å². The molecular weight excluding hydrogens is 332 g/mol. The van der Waals surface area contributed by atoms with Crippen LogP contribution in [0.5, 0.6) is 0 Å². The lowest BCUT2D eigenvalue weighted by atomic mass is 10.0. The van der Waals surface area contributed by atoms with E-state index in [2.05, 4.69) is 36.5 Å². The lowest BCUT2D eigenvalue weighted by molar-refractivity contribution is -0.134. The van der Waals surface area contributed by atoms with E-state index in [0.29, 0.717) is 5.56 Å². The summed E-state index contributed by atoms with van der Waals surface area (Å²) in [4.78, 5) is 24.1. The van der Waals surface area contributed by atoms with Gasteiger partial charge < -0.3 is 10.1 Å². The molecule has 3 N–H and O–H groups in total. The van der Waals surface area contributed by atoms with Crippen LogP contribution in [0.1, 0.15) is 29.8 Å². The van der Waals surface area contributed by atoms with Crippen molar-refractivity contribution in [2.75, 3.05) is 7.11 Å². The molecule has 0 heterocycles. The van der Waals surface area contributed by atoms with Gasteiger partial charge in [0.2, 0.25) is 0 Å². The molecule has 0 unspecified atom stereocenters. The molecule has 2 aromatic rings. The van der Waals surface area contributed by atoms with E-state index in [-0.39, 0.29) is 0 Å². The number of rotatable bonds is 7. The minimum Gasteiger partial charge on any atom is -0.379 e. The number of ether oxygens (including phenoxy) is 1. The van der Waals surface area contributed by atoms with Gasteiger partial charge in [0.25, 0.3) is 11.8 Å². The Bertz CT molecular complexity index is 741. The van der Waals surface area contributed by atoms with Crippen molar-refractivity contribution in [3.8, 4) is 11.1 Å². The van der Waals surface area contributed by atoms with E-state index in [9.17, 15) is 9.59 Å². The Morgan fingerprint density at radius 3 is 2.04 bits per heavy atom. The first-order chi connectivity index (χ1) is 12.5. The summed E-state index contributed by atoms with van der Waals surface area (Å²) in [6, 6.07) is 14.4. The highest BCUT2D eigenvalue weighted by atomic mass is 16.5. The first-order valence-corrected chi connectivity index (χ1v) is 8.47. The van der Waals surface area contributed by atoms with Gasteiger partial charge in [-0.3, -0.25) is 14.8 Å². The van der Waals surface area contributed by atoms with E-state index in [0.717, 1.165) is 17.5 Å². The van der Waals surface area contributed by atoms with Gasteiger partial charge in [0, 0.05) is 12.7 Å². The van der Waals surface area contributed by atoms with Crippen molar-refractivity contribution in [2.24, 2.45) is 0 Å². The lowest BCUT2D eigenvalue weighted by Gasteiger charge is -2.22. The van der Waals surface area contributed by atoms with Gasteiger partial charge in [0.1, 0.15) is 6.04 Å². The monoisotopic (exact) mass is 356 g/mol. The average Bonchev–Trinajstić information content (AvgIpc) is 2.70. The predicted molar refractivity (Wildman–Crippen MR) is 98.9 cm³/mol. The Morgan fingerprint density at radius 1 is 1.04 bits per heavy atom. The number of methoxy groups -OCH3 is 1. The van der Waals surface area contributed by atoms with Crippen molar-refractivity contribution < 1.29 is 19.5 Å². The average molecular weight is 356 g/mol. The van der Waals surface area contributed by atoms with Crippen LogP contribution in [-0.2, 0) is 16.0 Å². The van der Waals surface area contributed by atoms with Gasteiger partial charge in [-0.25, -0.2) is 5.48 Å². The van der Waals surface area contributed by atoms with Crippen LogP contribution in [0.2, 0.25) is 0 Å². The zero-order valence-electron chi connectivity index (χ0n) is 15.2. The zero-order chi connectivity index (χ0) is 19.1. The van der Waals surface area contributed by atoms with Crippen LogP contribution in [0.25, 0.3) is 11.1 Å². The van der Waals surface area contributed by atoms with Gasteiger partial charge in [-0.1, -0.05) is 43.3 Å². The number of benzene rings is 2. The summed E-state index contributed by atoms with van der Waals surface area (Å²) in [6.45, 7) is 3.74. The highest BCUT2D eigenvalue weighted by Gasteiger charge is 2.27. The van der Waals surface area contributed by atoms with E-state index in [1.165, 1.54) is 12.7 Å². The van der Waals surface area contributed by atoms with Crippen LogP contribution in [0, 0.1) is 0 Å². The molecule has 6 heteroatoms. The quantitative estimate of drug-likeness (QED) is 0.525. The first kappa shape index (κ1) is 19.6. The van der Waals surface area contributed by atoms with Gasteiger partial charge in [-0.2, -0.15) is 0 Å². The fraction of sp³-hybridized carbons (Fsp3) is 0.300. The van der Waals surface area contributed by atoms with Crippen LogP contribution >= 0.6 is 0 Å². The number of nitrogens with one attached hydrogen (secondary N) is 2. The number of carbonyl (C=O) groups is 2. The van der Waals surface area contributed by atoms with Gasteiger partial charge in [-0.15, -0.1) is 0 Å². The summed E-state index contributed by atoms with van der Waals surface area (Å²) in [7, 11) is 1.42. The molecule has 0 bridgehead atoms. The molecule has 2 amide bonds. The largest absolute Gasteiger partial charge is 0.379 e. The number of hydrogen-bond donors (Lipinski definition) is 3. The van der Waals surface area contributed by atoms with Gasteiger partial charge in [-0.05, 0) is 42.2 Å². The zero-order valence-corrected chi connectivity index (χ0v) is 15.2. The summed E-state index contributed by atoms with van der Waals surface area (Å²) >= 11 is 0. The maximum Gasteiger partial charge on any atom is 0.268 e. The number of aryl methyl sites for hydroxylation is 1. The normalized spacial score (nSPS) is 12.9. The fourth-order valence-corrected chi connectivity index (χ4v) is 2.57. The molecular formula is C20H24N2O4. The standard InChI is InChI=1S/C20H24N2O4/c1-4-14-5-7-15(8-6-14)16-9-11-17(12-10-16)19(23)21-18(13(2)26-3)20(24)22-25/h5-13,18,25H,4H2,1-3H3,(H,21,23)(H,22,24)/t13-,18-/m1/s1.